The molecule has 0 radical (unpaired) electrons. The second-order valence-corrected chi connectivity index (χ2v) is 6.87. The molecular formula is C18H15N3O2S. The third-order valence-electron chi connectivity index (χ3n) is 3.96. The Hall–Kier alpha value is -2.73. The van der Waals surface area contributed by atoms with Crippen molar-refractivity contribution in [3.05, 3.63) is 60.2 Å². The van der Waals surface area contributed by atoms with Gasteiger partial charge >= 0.3 is 0 Å². The van der Waals surface area contributed by atoms with E-state index in [0.29, 0.717) is 11.6 Å². The van der Waals surface area contributed by atoms with E-state index in [1.54, 1.807) is 6.92 Å². The number of oxime groups is 1. The van der Waals surface area contributed by atoms with E-state index < -0.39 is 5.60 Å². The molecule has 1 aliphatic rings. The van der Waals surface area contributed by atoms with Crippen LogP contribution < -0.4 is 5.32 Å². The lowest BCUT2D eigenvalue weighted by Gasteiger charge is -2.19. The van der Waals surface area contributed by atoms with Gasteiger partial charge in [0.1, 0.15) is 0 Å². The molecule has 2 heterocycles. The second-order valence-electron chi connectivity index (χ2n) is 5.84. The Morgan fingerprint density at radius 1 is 1.17 bits per heavy atom. The van der Waals surface area contributed by atoms with E-state index in [1.807, 2.05) is 54.6 Å². The summed E-state index contributed by atoms with van der Waals surface area (Å²) in [7, 11) is 0. The largest absolute Gasteiger partial charge is 0.379 e. The number of rotatable bonds is 3. The maximum Gasteiger partial charge on any atom is 0.273 e. The van der Waals surface area contributed by atoms with Crippen LogP contribution in [-0.4, -0.2) is 22.2 Å². The van der Waals surface area contributed by atoms with Gasteiger partial charge in [-0.25, -0.2) is 4.98 Å². The first kappa shape index (κ1) is 14.8. The fraction of sp³-hybridized carbons (Fsp3) is 0.167. The molecule has 6 heteroatoms. The molecule has 1 atom stereocenters. The number of nitrogens with one attached hydrogen (secondary N) is 1. The summed E-state index contributed by atoms with van der Waals surface area (Å²) in [6, 6.07) is 17.5. The highest BCUT2D eigenvalue weighted by molar-refractivity contribution is 7.22. The maximum absolute atomic E-state index is 12.6. The molecule has 1 aromatic heterocycles. The van der Waals surface area contributed by atoms with Gasteiger partial charge in [0.05, 0.1) is 15.9 Å². The number of para-hydroxylation sites is 1. The Morgan fingerprint density at radius 3 is 2.71 bits per heavy atom. The number of nitrogens with zero attached hydrogens (tertiary/aromatic N) is 2. The quantitative estimate of drug-likeness (QED) is 0.790. The fourth-order valence-corrected chi connectivity index (χ4v) is 3.46. The van der Waals surface area contributed by atoms with E-state index in [1.165, 1.54) is 11.3 Å². The molecule has 2 aromatic carbocycles. The lowest BCUT2D eigenvalue weighted by Crippen LogP contribution is -2.40. The van der Waals surface area contributed by atoms with E-state index in [9.17, 15) is 4.79 Å². The van der Waals surface area contributed by atoms with E-state index in [2.05, 4.69) is 15.5 Å². The van der Waals surface area contributed by atoms with Crippen molar-refractivity contribution in [2.24, 2.45) is 5.16 Å². The Bertz CT molecular complexity index is 903. The molecule has 24 heavy (non-hydrogen) atoms. The molecule has 0 spiro atoms. The van der Waals surface area contributed by atoms with Crippen LogP contribution in [-0.2, 0) is 9.63 Å². The molecule has 0 unspecified atom stereocenters. The van der Waals surface area contributed by atoms with Gasteiger partial charge in [-0.2, -0.15) is 0 Å². The summed E-state index contributed by atoms with van der Waals surface area (Å²) in [6.45, 7) is 1.75. The predicted octanol–water partition coefficient (Wildman–Crippen LogP) is 3.82. The standard InChI is InChI=1S/C18H15N3O2S/c1-18(11-14(21-23-18)12-7-3-2-4-8-12)16(22)20-17-19-13-9-5-6-10-15(13)24-17/h2-10H,11H2,1H3,(H,19,20,22)/t18-/m1/s1. The number of amides is 1. The first-order chi connectivity index (χ1) is 11.6. The summed E-state index contributed by atoms with van der Waals surface area (Å²) in [5.74, 6) is -0.240. The minimum absolute atomic E-state index is 0.240. The summed E-state index contributed by atoms with van der Waals surface area (Å²) < 4.78 is 1.03. The van der Waals surface area contributed by atoms with Gasteiger partial charge in [0.2, 0.25) is 5.60 Å². The number of hydrogen-bond donors (Lipinski definition) is 1. The summed E-state index contributed by atoms with van der Waals surface area (Å²) in [5, 5.41) is 7.53. The first-order valence-corrected chi connectivity index (χ1v) is 8.43. The smallest absolute Gasteiger partial charge is 0.273 e. The van der Waals surface area contributed by atoms with Crippen molar-refractivity contribution in [1.29, 1.82) is 0 Å². The zero-order valence-electron chi connectivity index (χ0n) is 13.0. The number of benzene rings is 2. The lowest BCUT2D eigenvalue weighted by molar-refractivity contribution is -0.135. The molecule has 1 N–H and O–H groups in total. The zero-order chi connectivity index (χ0) is 16.6. The number of thiazole rings is 1. The Kier molecular flexibility index (Phi) is 3.54. The molecule has 0 saturated carbocycles. The van der Waals surface area contributed by atoms with Crippen LogP contribution in [0.25, 0.3) is 10.2 Å². The number of carbonyl (C=O) groups excluding carboxylic acids is 1. The average molecular weight is 337 g/mol. The minimum atomic E-state index is -1.02. The molecule has 0 saturated heterocycles. The third kappa shape index (κ3) is 2.65. The van der Waals surface area contributed by atoms with Crippen molar-refractivity contribution in [1.82, 2.24) is 4.98 Å². The number of fused-ring (bicyclic) bond motifs is 1. The second kappa shape index (κ2) is 5.72. The molecule has 0 bridgehead atoms. The van der Waals surface area contributed by atoms with E-state index in [-0.39, 0.29) is 5.91 Å². The van der Waals surface area contributed by atoms with Gasteiger partial charge in [-0.1, -0.05) is 59.0 Å². The number of anilines is 1. The summed E-state index contributed by atoms with van der Waals surface area (Å²) >= 11 is 1.44. The lowest BCUT2D eigenvalue weighted by atomic mass is 9.95. The topological polar surface area (TPSA) is 63.6 Å². The molecule has 3 aromatic rings. The van der Waals surface area contributed by atoms with Crippen LogP contribution in [0.3, 0.4) is 0 Å². The van der Waals surface area contributed by atoms with Crippen LogP contribution >= 0.6 is 11.3 Å². The monoisotopic (exact) mass is 337 g/mol. The summed E-state index contributed by atoms with van der Waals surface area (Å²) in [4.78, 5) is 22.5. The van der Waals surface area contributed by atoms with Crippen molar-refractivity contribution in [3.8, 4) is 0 Å². The number of hydrogen-bond acceptors (Lipinski definition) is 5. The number of aromatic nitrogens is 1. The highest BCUT2D eigenvalue weighted by atomic mass is 32.1. The predicted molar refractivity (Wildman–Crippen MR) is 95.3 cm³/mol. The van der Waals surface area contributed by atoms with Gasteiger partial charge in [0.15, 0.2) is 5.13 Å². The Morgan fingerprint density at radius 2 is 1.92 bits per heavy atom. The Balaban J connectivity index is 1.50. The highest BCUT2D eigenvalue weighted by Gasteiger charge is 2.42. The van der Waals surface area contributed by atoms with Crippen LogP contribution in [0.2, 0.25) is 0 Å². The van der Waals surface area contributed by atoms with Crippen molar-refractivity contribution < 1.29 is 9.63 Å². The van der Waals surface area contributed by atoms with Crippen LogP contribution in [0.1, 0.15) is 18.9 Å². The van der Waals surface area contributed by atoms with Gasteiger partial charge in [0.25, 0.3) is 5.91 Å². The molecule has 0 aliphatic carbocycles. The first-order valence-electron chi connectivity index (χ1n) is 7.62. The average Bonchev–Trinajstić information content (AvgIpc) is 3.19. The maximum atomic E-state index is 12.6. The van der Waals surface area contributed by atoms with Gasteiger partial charge in [-0.15, -0.1) is 0 Å². The van der Waals surface area contributed by atoms with Crippen molar-refractivity contribution >= 4 is 38.3 Å². The minimum Gasteiger partial charge on any atom is -0.379 e. The molecular weight excluding hydrogens is 322 g/mol. The highest BCUT2D eigenvalue weighted by Crippen LogP contribution is 2.30. The zero-order valence-corrected chi connectivity index (χ0v) is 13.8. The summed E-state index contributed by atoms with van der Waals surface area (Å²) in [5.41, 5.74) is 1.59. The van der Waals surface area contributed by atoms with Gasteiger partial charge < -0.3 is 4.84 Å². The number of carbonyl (C=O) groups is 1. The molecule has 0 fully saturated rings. The third-order valence-corrected chi connectivity index (χ3v) is 4.92. The molecule has 1 amide bonds. The van der Waals surface area contributed by atoms with Crippen LogP contribution in [0.5, 0.6) is 0 Å². The van der Waals surface area contributed by atoms with Crippen LogP contribution in [0.15, 0.2) is 59.8 Å². The van der Waals surface area contributed by atoms with Crippen LogP contribution in [0, 0.1) is 0 Å². The van der Waals surface area contributed by atoms with Gasteiger partial charge in [-0.3, -0.25) is 10.1 Å². The van der Waals surface area contributed by atoms with Crippen molar-refractivity contribution in [2.45, 2.75) is 18.9 Å². The fourth-order valence-electron chi connectivity index (χ4n) is 2.60. The van der Waals surface area contributed by atoms with E-state index in [0.717, 1.165) is 21.5 Å². The molecule has 1 aliphatic heterocycles. The van der Waals surface area contributed by atoms with E-state index in [4.69, 9.17) is 4.84 Å². The molecule has 5 nitrogen and oxygen atoms in total. The van der Waals surface area contributed by atoms with E-state index >= 15 is 0 Å². The van der Waals surface area contributed by atoms with Crippen molar-refractivity contribution in [3.63, 3.8) is 0 Å². The molecule has 120 valence electrons. The molecule has 4 rings (SSSR count). The van der Waals surface area contributed by atoms with Gasteiger partial charge in [0, 0.05) is 6.42 Å². The van der Waals surface area contributed by atoms with Crippen molar-refractivity contribution in [2.75, 3.05) is 5.32 Å². The Labute approximate surface area is 143 Å². The summed E-state index contributed by atoms with van der Waals surface area (Å²) in [6.07, 6.45) is 0.424. The van der Waals surface area contributed by atoms with Crippen LogP contribution in [0.4, 0.5) is 5.13 Å². The SMILES string of the molecule is C[C@]1(C(=O)Nc2nc3ccccc3s2)CC(c2ccccc2)=NO1. The normalized spacial score (nSPS) is 19.8. The van der Waals surface area contributed by atoms with Gasteiger partial charge in [-0.05, 0) is 24.6 Å².